The third-order valence-corrected chi connectivity index (χ3v) is 4.59. The molecule has 3 rings (SSSR count). The number of ether oxygens (including phenoxy) is 1. The Morgan fingerprint density at radius 2 is 2.14 bits per heavy atom. The smallest absolute Gasteiger partial charge is 0.306 e. The number of carbonyl (C=O) groups is 1. The molecule has 0 amide bonds. The van der Waals surface area contributed by atoms with Crippen molar-refractivity contribution in [3.05, 3.63) is 17.8 Å². The zero-order valence-electron chi connectivity index (χ0n) is 12.0. The summed E-state index contributed by atoms with van der Waals surface area (Å²) in [4.78, 5) is 25.5. The monoisotopic (exact) mass is 306 g/mol. The molecule has 21 heavy (non-hydrogen) atoms. The Labute approximate surface area is 127 Å². The summed E-state index contributed by atoms with van der Waals surface area (Å²) in [5.74, 6) is 0.877. The number of aromatic nitrogens is 2. The topological polar surface area (TPSA) is 58.6 Å². The van der Waals surface area contributed by atoms with E-state index in [2.05, 4.69) is 36.0 Å². The van der Waals surface area contributed by atoms with E-state index >= 15 is 0 Å². The number of anilines is 1. The first kappa shape index (κ1) is 14.2. The number of hydrogen-bond donors (Lipinski definition) is 0. The van der Waals surface area contributed by atoms with Crippen molar-refractivity contribution in [1.29, 1.82) is 0 Å². The fraction of sp³-hybridized carbons (Fsp3) is 0.500. The van der Waals surface area contributed by atoms with Gasteiger partial charge in [0.2, 0.25) is 0 Å². The first-order valence-corrected chi connectivity index (χ1v) is 7.88. The number of thiophene rings is 1. The lowest BCUT2D eigenvalue weighted by Gasteiger charge is -2.35. The molecule has 2 aromatic heterocycles. The molecule has 112 valence electrons. The minimum absolute atomic E-state index is 0.145. The van der Waals surface area contributed by atoms with E-state index in [9.17, 15) is 4.79 Å². The fourth-order valence-corrected chi connectivity index (χ4v) is 3.29. The maximum absolute atomic E-state index is 11.2. The molecule has 1 saturated heterocycles. The number of fused-ring (bicyclic) bond motifs is 1. The van der Waals surface area contributed by atoms with Gasteiger partial charge in [0.15, 0.2) is 0 Å². The van der Waals surface area contributed by atoms with Gasteiger partial charge in [-0.3, -0.25) is 9.69 Å². The molecule has 7 heteroatoms. The molecule has 0 N–H and O–H groups in total. The van der Waals surface area contributed by atoms with Gasteiger partial charge in [-0.2, -0.15) is 0 Å². The summed E-state index contributed by atoms with van der Waals surface area (Å²) < 4.78 is 4.68. The predicted octanol–water partition coefficient (Wildman–Crippen LogP) is 1.38. The summed E-state index contributed by atoms with van der Waals surface area (Å²) in [5.41, 5.74) is 0. The van der Waals surface area contributed by atoms with E-state index in [1.165, 1.54) is 7.11 Å². The van der Waals surface area contributed by atoms with Gasteiger partial charge in [-0.05, 0) is 11.4 Å². The van der Waals surface area contributed by atoms with E-state index in [1.807, 2.05) is 0 Å². The highest BCUT2D eigenvalue weighted by molar-refractivity contribution is 7.16. The van der Waals surface area contributed by atoms with E-state index < -0.39 is 0 Å². The highest BCUT2D eigenvalue weighted by atomic mass is 32.1. The van der Waals surface area contributed by atoms with Crippen LogP contribution in [0, 0.1) is 0 Å². The van der Waals surface area contributed by atoms with Crippen LogP contribution in [-0.2, 0) is 9.53 Å². The summed E-state index contributed by atoms with van der Waals surface area (Å²) in [5, 5.41) is 3.18. The Balaban J connectivity index is 1.61. The molecule has 1 aliphatic rings. The summed E-state index contributed by atoms with van der Waals surface area (Å²) in [6.45, 7) is 4.48. The number of piperazine rings is 1. The van der Waals surface area contributed by atoms with Crippen molar-refractivity contribution >= 4 is 33.3 Å². The molecule has 6 nitrogen and oxygen atoms in total. The lowest BCUT2D eigenvalue weighted by atomic mass is 10.2. The summed E-state index contributed by atoms with van der Waals surface area (Å²) >= 11 is 1.64. The summed E-state index contributed by atoms with van der Waals surface area (Å²) in [6, 6.07) is 2.08. The largest absolute Gasteiger partial charge is 0.469 e. The molecule has 0 radical (unpaired) electrons. The van der Waals surface area contributed by atoms with Crippen molar-refractivity contribution in [1.82, 2.24) is 14.9 Å². The molecule has 3 heterocycles. The van der Waals surface area contributed by atoms with Gasteiger partial charge in [-0.25, -0.2) is 9.97 Å². The molecule has 0 atom stereocenters. The normalized spacial score (nSPS) is 16.3. The number of hydrogen-bond acceptors (Lipinski definition) is 7. The highest BCUT2D eigenvalue weighted by Gasteiger charge is 2.20. The molecule has 2 aromatic rings. The summed E-state index contributed by atoms with van der Waals surface area (Å²) in [6.07, 6.45) is 2.09. The SMILES string of the molecule is COC(=O)CCN1CCN(c2ncnc3sccc23)CC1. The molecule has 0 saturated carbocycles. The minimum atomic E-state index is -0.145. The van der Waals surface area contributed by atoms with Crippen LogP contribution < -0.4 is 4.90 Å². The van der Waals surface area contributed by atoms with Gasteiger partial charge < -0.3 is 9.64 Å². The number of methoxy groups -OCH3 is 1. The van der Waals surface area contributed by atoms with E-state index in [1.54, 1.807) is 17.7 Å². The van der Waals surface area contributed by atoms with Crippen LogP contribution in [0.1, 0.15) is 6.42 Å². The van der Waals surface area contributed by atoms with Crippen LogP contribution in [-0.4, -0.2) is 60.7 Å². The Morgan fingerprint density at radius 3 is 2.90 bits per heavy atom. The van der Waals surface area contributed by atoms with Crippen molar-refractivity contribution in [2.45, 2.75) is 6.42 Å². The third-order valence-electron chi connectivity index (χ3n) is 3.77. The maximum atomic E-state index is 11.2. The van der Waals surface area contributed by atoms with Gasteiger partial charge in [0, 0.05) is 32.7 Å². The Bertz CT molecular complexity index is 622. The standard InChI is InChI=1S/C14H18N4O2S/c1-20-12(19)2-4-17-5-7-18(8-6-17)13-11-3-9-21-14(11)16-10-15-13/h3,9-10H,2,4-8H2,1H3. The van der Waals surface area contributed by atoms with Gasteiger partial charge in [0.1, 0.15) is 17.0 Å². The first-order chi connectivity index (χ1) is 10.3. The van der Waals surface area contributed by atoms with E-state index in [0.717, 1.165) is 48.8 Å². The van der Waals surface area contributed by atoms with Crippen LogP contribution in [0.3, 0.4) is 0 Å². The maximum Gasteiger partial charge on any atom is 0.306 e. The molecule has 0 spiro atoms. The van der Waals surface area contributed by atoms with Crippen LogP contribution in [0.2, 0.25) is 0 Å². The molecular weight excluding hydrogens is 288 g/mol. The van der Waals surface area contributed by atoms with Crippen molar-refractivity contribution in [3.63, 3.8) is 0 Å². The molecule has 1 fully saturated rings. The van der Waals surface area contributed by atoms with Crippen molar-refractivity contribution < 1.29 is 9.53 Å². The lowest BCUT2D eigenvalue weighted by Crippen LogP contribution is -2.47. The van der Waals surface area contributed by atoms with Gasteiger partial charge in [0.25, 0.3) is 0 Å². The second kappa shape index (κ2) is 6.36. The Hall–Kier alpha value is -1.73. The predicted molar refractivity (Wildman–Crippen MR) is 82.7 cm³/mol. The van der Waals surface area contributed by atoms with Crippen molar-refractivity contribution in [2.24, 2.45) is 0 Å². The zero-order valence-corrected chi connectivity index (χ0v) is 12.8. The summed E-state index contributed by atoms with van der Waals surface area (Å²) in [7, 11) is 1.43. The van der Waals surface area contributed by atoms with Gasteiger partial charge in [-0.15, -0.1) is 11.3 Å². The lowest BCUT2D eigenvalue weighted by molar-refractivity contribution is -0.141. The molecule has 0 unspecified atom stereocenters. The molecular formula is C14H18N4O2S. The van der Waals surface area contributed by atoms with E-state index in [-0.39, 0.29) is 5.97 Å². The van der Waals surface area contributed by atoms with Crippen LogP contribution in [0.5, 0.6) is 0 Å². The van der Waals surface area contributed by atoms with E-state index in [0.29, 0.717) is 6.42 Å². The fourth-order valence-electron chi connectivity index (χ4n) is 2.56. The average Bonchev–Trinajstić information content (AvgIpc) is 3.01. The van der Waals surface area contributed by atoms with Gasteiger partial charge in [0.05, 0.1) is 18.9 Å². The van der Waals surface area contributed by atoms with Crippen LogP contribution in [0.15, 0.2) is 17.8 Å². The molecule has 1 aliphatic heterocycles. The number of esters is 1. The number of rotatable bonds is 4. The number of nitrogens with zero attached hydrogens (tertiary/aromatic N) is 4. The van der Waals surface area contributed by atoms with E-state index in [4.69, 9.17) is 0 Å². The van der Waals surface area contributed by atoms with Crippen molar-refractivity contribution in [3.8, 4) is 0 Å². The average molecular weight is 306 g/mol. The molecule has 0 aromatic carbocycles. The highest BCUT2D eigenvalue weighted by Crippen LogP contribution is 2.27. The quantitative estimate of drug-likeness (QED) is 0.795. The Morgan fingerprint density at radius 1 is 1.33 bits per heavy atom. The second-order valence-electron chi connectivity index (χ2n) is 4.99. The zero-order chi connectivity index (χ0) is 14.7. The second-order valence-corrected chi connectivity index (χ2v) is 5.89. The third kappa shape index (κ3) is 3.14. The van der Waals surface area contributed by atoms with Crippen LogP contribution >= 0.6 is 11.3 Å². The van der Waals surface area contributed by atoms with Gasteiger partial charge >= 0.3 is 5.97 Å². The number of carbonyl (C=O) groups excluding carboxylic acids is 1. The van der Waals surface area contributed by atoms with Crippen LogP contribution in [0.25, 0.3) is 10.2 Å². The molecule has 0 bridgehead atoms. The van der Waals surface area contributed by atoms with Crippen LogP contribution in [0.4, 0.5) is 5.82 Å². The Kier molecular flexibility index (Phi) is 4.31. The van der Waals surface area contributed by atoms with Crippen molar-refractivity contribution in [2.75, 3.05) is 44.7 Å². The molecule has 0 aliphatic carbocycles. The minimum Gasteiger partial charge on any atom is -0.469 e. The van der Waals surface area contributed by atoms with Gasteiger partial charge in [-0.1, -0.05) is 0 Å². The first-order valence-electron chi connectivity index (χ1n) is 7.00.